The smallest absolute Gasteiger partial charge is 0.152 e. The monoisotopic (exact) mass is 238 g/mol. The lowest BCUT2D eigenvalue weighted by Gasteiger charge is -2.39. The Morgan fingerprint density at radius 1 is 1.24 bits per heavy atom. The van der Waals surface area contributed by atoms with Crippen LogP contribution < -0.4 is 16.4 Å². The van der Waals surface area contributed by atoms with Crippen LogP contribution in [-0.2, 0) is 0 Å². The molecule has 0 saturated carbocycles. The Morgan fingerprint density at radius 2 is 1.82 bits per heavy atom. The van der Waals surface area contributed by atoms with Gasteiger partial charge in [0.25, 0.3) is 0 Å². The minimum absolute atomic E-state index is 0. The molecular formula is C12H24N5+. The molecule has 0 spiro atoms. The SMILES string of the molecule is C.C[N+]1(C)CCN(c2ncc(N)cc2N)CC1. The number of hydrogen-bond donors (Lipinski definition) is 2. The van der Waals surface area contributed by atoms with Crippen LogP contribution in [0.3, 0.4) is 0 Å². The summed E-state index contributed by atoms with van der Waals surface area (Å²) in [4.78, 5) is 6.55. The number of nitrogens with zero attached hydrogens (tertiary/aromatic N) is 3. The van der Waals surface area contributed by atoms with Crippen LogP contribution in [0.4, 0.5) is 17.2 Å². The lowest BCUT2D eigenvalue weighted by Crippen LogP contribution is -2.55. The van der Waals surface area contributed by atoms with Crippen molar-refractivity contribution in [3.63, 3.8) is 0 Å². The minimum Gasteiger partial charge on any atom is -0.397 e. The third-order valence-electron chi connectivity index (χ3n) is 3.17. The number of rotatable bonds is 1. The molecule has 1 aliphatic heterocycles. The predicted octanol–water partition coefficient (Wildman–Crippen LogP) is 0.779. The van der Waals surface area contributed by atoms with Crippen molar-refractivity contribution in [3.8, 4) is 0 Å². The van der Waals surface area contributed by atoms with Crippen molar-refractivity contribution in [1.82, 2.24) is 4.98 Å². The maximum absolute atomic E-state index is 5.93. The molecule has 0 aliphatic carbocycles. The van der Waals surface area contributed by atoms with Gasteiger partial charge >= 0.3 is 0 Å². The van der Waals surface area contributed by atoms with E-state index in [1.807, 2.05) is 0 Å². The molecule has 5 heteroatoms. The summed E-state index contributed by atoms with van der Waals surface area (Å²) >= 11 is 0. The van der Waals surface area contributed by atoms with Crippen LogP contribution in [0.25, 0.3) is 0 Å². The average Bonchev–Trinajstić information content (AvgIpc) is 2.19. The molecule has 0 amide bonds. The fourth-order valence-electron chi connectivity index (χ4n) is 1.97. The van der Waals surface area contributed by atoms with E-state index in [0.717, 1.165) is 36.5 Å². The highest BCUT2D eigenvalue weighted by Crippen LogP contribution is 2.23. The zero-order valence-electron chi connectivity index (χ0n) is 9.98. The molecule has 0 aromatic carbocycles. The minimum atomic E-state index is 0. The van der Waals surface area contributed by atoms with Crippen LogP contribution >= 0.6 is 0 Å². The number of nitrogen functional groups attached to an aromatic ring is 2. The van der Waals surface area contributed by atoms with E-state index in [-0.39, 0.29) is 7.43 Å². The summed E-state index contributed by atoms with van der Waals surface area (Å²) in [5.74, 6) is 0.869. The number of piperazine rings is 1. The Hall–Kier alpha value is -1.49. The Labute approximate surface area is 104 Å². The van der Waals surface area contributed by atoms with Gasteiger partial charge < -0.3 is 20.9 Å². The fraction of sp³-hybridized carbons (Fsp3) is 0.583. The van der Waals surface area contributed by atoms with Gasteiger partial charge in [0.1, 0.15) is 0 Å². The van der Waals surface area contributed by atoms with E-state index in [2.05, 4.69) is 24.0 Å². The Kier molecular flexibility index (Phi) is 3.83. The van der Waals surface area contributed by atoms with E-state index in [4.69, 9.17) is 11.5 Å². The molecule has 5 nitrogen and oxygen atoms in total. The van der Waals surface area contributed by atoms with Gasteiger partial charge in [0, 0.05) is 0 Å². The Bertz CT molecular complexity index is 378. The molecule has 1 aliphatic rings. The van der Waals surface area contributed by atoms with E-state index in [1.165, 1.54) is 0 Å². The summed E-state index contributed by atoms with van der Waals surface area (Å²) in [5, 5.41) is 0. The van der Waals surface area contributed by atoms with E-state index in [9.17, 15) is 0 Å². The summed E-state index contributed by atoms with van der Waals surface area (Å²) in [6.07, 6.45) is 1.67. The number of hydrogen-bond acceptors (Lipinski definition) is 4. The maximum Gasteiger partial charge on any atom is 0.152 e. The molecule has 0 unspecified atom stereocenters. The van der Waals surface area contributed by atoms with Gasteiger partial charge in [-0.1, -0.05) is 7.43 Å². The highest BCUT2D eigenvalue weighted by molar-refractivity contribution is 5.66. The third-order valence-corrected chi connectivity index (χ3v) is 3.17. The first kappa shape index (κ1) is 13.6. The summed E-state index contributed by atoms with van der Waals surface area (Å²) < 4.78 is 1.06. The van der Waals surface area contributed by atoms with Crippen molar-refractivity contribution in [2.45, 2.75) is 7.43 Å². The average molecular weight is 238 g/mol. The van der Waals surface area contributed by atoms with Crippen molar-refractivity contribution < 1.29 is 4.48 Å². The molecule has 2 heterocycles. The molecule has 0 atom stereocenters. The van der Waals surface area contributed by atoms with Crippen LogP contribution in [0.2, 0.25) is 0 Å². The molecule has 96 valence electrons. The van der Waals surface area contributed by atoms with Gasteiger partial charge in [-0.3, -0.25) is 0 Å². The molecule has 0 radical (unpaired) electrons. The molecular weight excluding hydrogens is 214 g/mol. The zero-order chi connectivity index (χ0) is 11.8. The van der Waals surface area contributed by atoms with E-state index in [0.29, 0.717) is 11.4 Å². The molecule has 4 N–H and O–H groups in total. The lowest BCUT2D eigenvalue weighted by atomic mass is 10.2. The maximum atomic E-state index is 5.93. The summed E-state index contributed by atoms with van der Waals surface area (Å²) in [7, 11) is 4.49. The quantitative estimate of drug-likeness (QED) is 0.709. The Balaban J connectivity index is 0.00000144. The fourth-order valence-corrected chi connectivity index (χ4v) is 1.97. The van der Waals surface area contributed by atoms with Crippen molar-refractivity contribution >= 4 is 17.2 Å². The molecule has 0 bridgehead atoms. The van der Waals surface area contributed by atoms with E-state index < -0.39 is 0 Å². The predicted molar refractivity (Wildman–Crippen MR) is 73.8 cm³/mol. The third kappa shape index (κ3) is 3.00. The first-order valence-corrected chi connectivity index (χ1v) is 5.56. The van der Waals surface area contributed by atoms with Crippen LogP contribution in [0.5, 0.6) is 0 Å². The van der Waals surface area contributed by atoms with Crippen LogP contribution in [0.1, 0.15) is 7.43 Å². The standard InChI is InChI=1S/C11H20N5.CH4/c1-16(2)5-3-15(4-6-16)11-10(13)7-9(12)8-14-11;/h7-8H,3-6,12-13H2,1-2H3;1H4/q+1;. The van der Waals surface area contributed by atoms with E-state index >= 15 is 0 Å². The highest BCUT2D eigenvalue weighted by atomic mass is 15.4. The van der Waals surface area contributed by atoms with Gasteiger partial charge in [0.2, 0.25) is 0 Å². The van der Waals surface area contributed by atoms with Crippen molar-refractivity contribution in [3.05, 3.63) is 12.3 Å². The molecule has 1 saturated heterocycles. The summed E-state index contributed by atoms with van der Waals surface area (Å²) in [6.45, 7) is 4.22. The lowest BCUT2D eigenvalue weighted by molar-refractivity contribution is -0.890. The largest absolute Gasteiger partial charge is 0.397 e. The number of pyridine rings is 1. The number of quaternary nitrogens is 1. The molecule has 17 heavy (non-hydrogen) atoms. The topological polar surface area (TPSA) is 68.2 Å². The number of aromatic nitrogens is 1. The van der Waals surface area contributed by atoms with Crippen LogP contribution in [0, 0.1) is 0 Å². The van der Waals surface area contributed by atoms with Crippen molar-refractivity contribution in [2.75, 3.05) is 56.6 Å². The summed E-state index contributed by atoms with van der Waals surface area (Å²) in [5.41, 5.74) is 12.9. The number of likely N-dealkylation sites (N-methyl/N-ethyl adjacent to an activating group) is 1. The molecule has 1 aromatic heterocycles. The van der Waals surface area contributed by atoms with Crippen LogP contribution in [-0.4, -0.2) is 49.7 Å². The van der Waals surface area contributed by atoms with Crippen molar-refractivity contribution in [1.29, 1.82) is 0 Å². The van der Waals surface area contributed by atoms with Gasteiger partial charge in [-0.15, -0.1) is 0 Å². The number of nitrogens with two attached hydrogens (primary N) is 2. The van der Waals surface area contributed by atoms with Gasteiger partial charge in [-0.25, -0.2) is 4.98 Å². The van der Waals surface area contributed by atoms with Gasteiger partial charge in [-0.2, -0.15) is 0 Å². The Morgan fingerprint density at radius 3 is 2.35 bits per heavy atom. The summed E-state index contributed by atoms with van der Waals surface area (Å²) in [6, 6.07) is 1.77. The first-order chi connectivity index (χ1) is 7.48. The van der Waals surface area contributed by atoms with Crippen LogP contribution in [0.15, 0.2) is 12.3 Å². The van der Waals surface area contributed by atoms with Gasteiger partial charge in [-0.05, 0) is 6.07 Å². The van der Waals surface area contributed by atoms with Crippen molar-refractivity contribution in [2.24, 2.45) is 0 Å². The van der Waals surface area contributed by atoms with Gasteiger partial charge in [0.05, 0.1) is 57.8 Å². The molecule has 1 fully saturated rings. The second-order valence-corrected chi connectivity index (χ2v) is 5.05. The highest BCUT2D eigenvalue weighted by Gasteiger charge is 2.25. The second kappa shape index (κ2) is 4.79. The molecule has 1 aromatic rings. The molecule has 2 rings (SSSR count). The van der Waals surface area contributed by atoms with E-state index in [1.54, 1.807) is 12.3 Å². The van der Waals surface area contributed by atoms with Gasteiger partial charge in [0.15, 0.2) is 5.82 Å². The number of anilines is 3. The second-order valence-electron chi connectivity index (χ2n) is 5.05. The normalized spacial score (nSPS) is 18.6. The first-order valence-electron chi connectivity index (χ1n) is 5.56. The zero-order valence-corrected chi connectivity index (χ0v) is 9.98.